The van der Waals surface area contributed by atoms with Gasteiger partial charge in [-0.3, -0.25) is 14.4 Å². The lowest BCUT2D eigenvalue weighted by molar-refractivity contribution is -0.138. The van der Waals surface area contributed by atoms with Crippen LogP contribution in [0.4, 0.5) is 5.69 Å². The molecule has 3 amide bonds. The highest BCUT2D eigenvalue weighted by atomic mass is 16.2. The Morgan fingerprint density at radius 3 is 2.24 bits per heavy atom. The van der Waals surface area contributed by atoms with Gasteiger partial charge in [-0.25, -0.2) is 0 Å². The minimum absolute atomic E-state index is 0.0163. The second-order valence-corrected chi connectivity index (χ2v) is 9.23. The van der Waals surface area contributed by atoms with Gasteiger partial charge in [-0.15, -0.1) is 0 Å². The van der Waals surface area contributed by atoms with Crippen molar-refractivity contribution < 1.29 is 14.4 Å². The Labute approximate surface area is 201 Å². The van der Waals surface area contributed by atoms with Crippen LogP contribution in [0.2, 0.25) is 0 Å². The molecule has 2 saturated heterocycles. The Morgan fingerprint density at radius 2 is 1.62 bits per heavy atom. The molecule has 0 aliphatic carbocycles. The van der Waals surface area contributed by atoms with Crippen molar-refractivity contribution in [2.24, 2.45) is 0 Å². The van der Waals surface area contributed by atoms with Gasteiger partial charge in [0.1, 0.15) is 12.1 Å². The van der Waals surface area contributed by atoms with E-state index in [1.165, 1.54) is 0 Å². The number of hydrogen-bond acceptors (Lipinski definition) is 4. The summed E-state index contributed by atoms with van der Waals surface area (Å²) < 4.78 is 0. The zero-order valence-corrected chi connectivity index (χ0v) is 19.8. The summed E-state index contributed by atoms with van der Waals surface area (Å²) in [6, 6.07) is 19.6. The second-order valence-electron chi connectivity index (χ2n) is 9.23. The number of piperidine rings is 1. The zero-order chi connectivity index (χ0) is 24.1. The average molecular weight is 461 g/mol. The molecular formula is C27H32N4O3. The molecule has 178 valence electrons. The van der Waals surface area contributed by atoms with E-state index < -0.39 is 5.54 Å². The van der Waals surface area contributed by atoms with Crippen molar-refractivity contribution in [1.82, 2.24) is 15.1 Å². The summed E-state index contributed by atoms with van der Waals surface area (Å²) in [6.07, 6.45) is 4.46. The van der Waals surface area contributed by atoms with Gasteiger partial charge in [-0.1, -0.05) is 48.5 Å². The maximum atomic E-state index is 13.7. The number of hydrogen-bond donors (Lipinski definition) is 1. The maximum Gasteiger partial charge on any atom is 0.250 e. The number of para-hydroxylation sites is 1. The molecule has 34 heavy (non-hydrogen) atoms. The molecule has 2 aliphatic heterocycles. The number of anilines is 1. The standard InChI is InChI=1S/C27H32N4O3/c1-21(2)28-24(32)19-30-20-31(23-11-7-4-8-12-23)27(26(30)34)15-17-29(18-16-27)25(33)14-13-22-9-5-3-6-10-22/h3-14,21H,15-20H2,1-2H3,(H,28,32). The third kappa shape index (κ3) is 4.98. The van der Waals surface area contributed by atoms with E-state index in [9.17, 15) is 14.4 Å². The molecule has 0 saturated carbocycles. The molecule has 1 N–H and O–H groups in total. The molecule has 0 unspecified atom stereocenters. The van der Waals surface area contributed by atoms with Crippen LogP contribution in [0.5, 0.6) is 0 Å². The SMILES string of the molecule is CC(C)NC(=O)CN1CN(c2ccccc2)C2(CCN(C(=O)C=Cc3ccccc3)CC2)C1=O. The number of nitrogens with zero attached hydrogens (tertiary/aromatic N) is 3. The van der Waals surface area contributed by atoms with Gasteiger partial charge < -0.3 is 20.0 Å². The molecule has 2 fully saturated rings. The van der Waals surface area contributed by atoms with Crippen molar-refractivity contribution in [3.05, 3.63) is 72.3 Å². The summed E-state index contributed by atoms with van der Waals surface area (Å²) in [5.74, 6) is -0.252. The first-order valence-corrected chi connectivity index (χ1v) is 11.8. The minimum Gasteiger partial charge on any atom is -0.352 e. The van der Waals surface area contributed by atoms with Crippen molar-refractivity contribution in [1.29, 1.82) is 0 Å². The summed E-state index contributed by atoms with van der Waals surface area (Å²) >= 11 is 0. The van der Waals surface area contributed by atoms with E-state index in [2.05, 4.69) is 10.2 Å². The van der Waals surface area contributed by atoms with Gasteiger partial charge in [-0.05, 0) is 50.5 Å². The first kappa shape index (κ1) is 23.5. The zero-order valence-electron chi connectivity index (χ0n) is 19.8. The number of amides is 3. The molecule has 2 heterocycles. The number of benzene rings is 2. The van der Waals surface area contributed by atoms with E-state index in [4.69, 9.17) is 0 Å². The summed E-state index contributed by atoms with van der Waals surface area (Å²) in [7, 11) is 0. The van der Waals surface area contributed by atoms with Crippen molar-refractivity contribution in [3.63, 3.8) is 0 Å². The van der Waals surface area contributed by atoms with Crippen LogP contribution >= 0.6 is 0 Å². The Bertz CT molecular complexity index is 1040. The summed E-state index contributed by atoms with van der Waals surface area (Å²) in [4.78, 5) is 44.4. The highest BCUT2D eigenvalue weighted by Gasteiger charge is 2.54. The second kappa shape index (κ2) is 10.1. The van der Waals surface area contributed by atoms with Crippen molar-refractivity contribution in [3.8, 4) is 0 Å². The van der Waals surface area contributed by atoms with Gasteiger partial charge in [-0.2, -0.15) is 0 Å². The third-order valence-corrected chi connectivity index (χ3v) is 6.49. The minimum atomic E-state index is -0.751. The maximum absolute atomic E-state index is 13.7. The molecule has 2 aliphatic rings. The predicted octanol–water partition coefficient (Wildman–Crippen LogP) is 2.89. The fourth-order valence-corrected chi connectivity index (χ4v) is 4.80. The first-order chi connectivity index (χ1) is 16.4. The van der Waals surface area contributed by atoms with Crippen LogP contribution in [0, 0.1) is 0 Å². The van der Waals surface area contributed by atoms with Crippen LogP contribution in [-0.2, 0) is 14.4 Å². The van der Waals surface area contributed by atoms with Crippen LogP contribution in [0.15, 0.2) is 66.7 Å². The molecule has 7 heteroatoms. The average Bonchev–Trinajstić information content (AvgIpc) is 3.09. The van der Waals surface area contributed by atoms with Gasteiger partial charge in [0.25, 0.3) is 5.91 Å². The highest BCUT2D eigenvalue weighted by Crippen LogP contribution is 2.39. The van der Waals surface area contributed by atoms with E-state index in [0.717, 1.165) is 11.3 Å². The van der Waals surface area contributed by atoms with E-state index >= 15 is 0 Å². The number of carbonyl (C=O) groups excluding carboxylic acids is 3. The van der Waals surface area contributed by atoms with E-state index in [0.29, 0.717) is 32.6 Å². The number of likely N-dealkylation sites (tertiary alicyclic amines) is 1. The van der Waals surface area contributed by atoms with Crippen LogP contribution in [0.1, 0.15) is 32.3 Å². The van der Waals surface area contributed by atoms with Crippen LogP contribution < -0.4 is 10.2 Å². The Hall–Kier alpha value is -3.61. The van der Waals surface area contributed by atoms with Gasteiger partial charge >= 0.3 is 0 Å². The molecule has 1 spiro atoms. The lowest BCUT2D eigenvalue weighted by atomic mass is 9.85. The lowest BCUT2D eigenvalue weighted by Gasteiger charge is -2.43. The first-order valence-electron chi connectivity index (χ1n) is 11.8. The lowest BCUT2D eigenvalue weighted by Crippen LogP contribution is -2.57. The van der Waals surface area contributed by atoms with E-state index in [1.807, 2.05) is 80.6 Å². The van der Waals surface area contributed by atoms with Gasteiger partial charge in [0.2, 0.25) is 11.8 Å². The molecule has 4 rings (SSSR count). The predicted molar refractivity (Wildman–Crippen MR) is 133 cm³/mol. The molecule has 0 atom stereocenters. The van der Waals surface area contributed by atoms with Crippen LogP contribution in [-0.4, -0.2) is 65.4 Å². The quantitative estimate of drug-likeness (QED) is 0.673. The van der Waals surface area contributed by atoms with E-state index in [1.54, 1.807) is 15.9 Å². The fourth-order valence-electron chi connectivity index (χ4n) is 4.80. The van der Waals surface area contributed by atoms with Gasteiger partial charge in [0.05, 0.1) is 6.67 Å². The van der Waals surface area contributed by atoms with E-state index in [-0.39, 0.29) is 30.3 Å². The highest BCUT2D eigenvalue weighted by molar-refractivity contribution is 5.97. The monoisotopic (exact) mass is 460 g/mol. The number of nitrogens with one attached hydrogen (secondary N) is 1. The normalized spacial score (nSPS) is 17.7. The van der Waals surface area contributed by atoms with Gasteiger partial charge in [0, 0.05) is 30.9 Å². The molecule has 0 aromatic heterocycles. The summed E-state index contributed by atoms with van der Waals surface area (Å²) in [5, 5.41) is 2.87. The molecular weight excluding hydrogens is 428 g/mol. The molecule has 7 nitrogen and oxygen atoms in total. The fraction of sp³-hybridized carbons (Fsp3) is 0.370. The number of carbonyl (C=O) groups is 3. The molecule has 2 aromatic rings. The third-order valence-electron chi connectivity index (χ3n) is 6.49. The van der Waals surface area contributed by atoms with Crippen molar-refractivity contribution in [2.75, 3.05) is 31.2 Å². The van der Waals surface area contributed by atoms with Crippen molar-refractivity contribution >= 4 is 29.5 Å². The van der Waals surface area contributed by atoms with Crippen molar-refractivity contribution in [2.45, 2.75) is 38.3 Å². The Kier molecular flexibility index (Phi) is 7.01. The number of rotatable bonds is 6. The molecule has 0 radical (unpaired) electrons. The molecule has 2 aromatic carbocycles. The topological polar surface area (TPSA) is 73.0 Å². The van der Waals surface area contributed by atoms with Gasteiger partial charge in [0.15, 0.2) is 0 Å². The Balaban J connectivity index is 1.49. The summed E-state index contributed by atoms with van der Waals surface area (Å²) in [5.41, 5.74) is 1.17. The summed E-state index contributed by atoms with van der Waals surface area (Å²) in [6.45, 7) is 5.17. The largest absolute Gasteiger partial charge is 0.352 e. The Morgan fingerprint density at radius 1 is 1.00 bits per heavy atom. The van der Waals surface area contributed by atoms with Crippen LogP contribution in [0.25, 0.3) is 6.08 Å². The van der Waals surface area contributed by atoms with Crippen LogP contribution in [0.3, 0.4) is 0 Å². The smallest absolute Gasteiger partial charge is 0.250 e. The molecule has 0 bridgehead atoms.